The molecule has 0 unspecified atom stereocenters. The van der Waals surface area contributed by atoms with Crippen LogP contribution < -0.4 is 5.32 Å². The smallest absolute Gasteiger partial charge is 0.254 e. The number of amides is 2. The molecule has 9 nitrogen and oxygen atoms in total. The van der Waals surface area contributed by atoms with Crippen LogP contribution in [0.1, 0.15) is 21.6 Å². The van der Waals surface area contributed by atoms with Gasteiger partial charge in [-0.05, 0) is 40.8 Å². The fraction of sp³-hybridized carbons (Fsp3) is 0.227. The minimum absolute atomic E-state index is 0.0101. The van der Waals surface area contributed by atoms with Crippen molar-refractivity contribution in [2.24, 2.45) is 7.05 Å². The number of nitrogens with one attached hydrogen (secondary N) is 2. The maximum atomic E-state index is 13.1. The summed E-state index contributed by atoms with van der Waals surface area (Å²) in [6, 6.07) is 15.2. The molecule has 0 saturated heterocycles. The van der Waals surface area contributed by atoms with Crippen LogP contribution in [0.4, 0.5) is 5.69 Å². The van der Waals surface area contributed by atoms with Crippen LogP contribution in [-0.2, 0) is 24.8 Å². The summed E-state index contributed by atoms with van der Waals surface area (Å²) in [5.74, 6) is 0.0134. The normalized spacial score (nSPS) is 13.2. The van der Waals surface area contributed by atoms with E-state index < -0.39 is 0 Å². The minimum Gasteiger partial charge on any atom is -0.358 e. The number of nitrogens with zero attached hydrogens (tertiary/aromatic N) is 5. The monoisotopic (exact) mass is 447 g/mol. The van der Waals surface area contributed by atoms with Gasteiger partial charge in [0.15, 0.2) is 0 Å². The molecule has 2 N–H and O–H groups in total. The van der Waals surface area contributed by atoms with Crippen molar-refractivity contribution in [2.75, 3.05) is 17.6 Å². The topological polar surface area (TPSA) is 109 Å². The molecule has 0 fully saturated rings. The van der Waals surface area contributed by atoms with Gasteiger partial charge in [-0.2, -0.15) is 0 Å². The number of benzene rings is 2. The number of aromatic amines is 1. The quantitative estimate of drug-likeness (QED) is 0.455. The van der Waals surface area contributed by atoms with Crippen LogP contribution in [0.5, 0.6) is 0 Å². The summed E-state index contributed by atoms with van der Waals surface area (Å²) < 4.78 is 1.51. The highest BCUT2D eigenvalue weighted by Gasteiger charge is 2.24. The van der Waals surface area contributed by atoms with Crippen LogP contribution >= 0.6 is 11.8 Å². The van der Waals surface area contributed by atoms with E-state index in [2.05, 4.69) is 38.0 Å². The highest BCUT2D eigenvalue weighted by Crippen LogP contribution is 2.28. The maximum absolute atomic E-state index is 13.1. The first-order valence-electron chi connectivity index (χ1n) is 10.2. The number of H-pyrrole nitrogens is 1. The molecule has 2 aromatic heterocycles. The Hall–Kier alpha value is -3.66. The van der Waals surface area contributed by atoms with Gasteiger partial charge < -0.3 is 15.2 Å². The largest absolute Gasteiger partial charge is 0.358 e. The molecule has 32 heavy (non-hydrogen) atoms. The third kappa shape index (κ3) is 3.96. The Morgan fingerprint density at radius 2 is 1.97 bits per heavy atom. The highest BCUT2D eigenvalue weighted by molar-refractivity contribution is 7.99. The number of hydrogen-bond donors (Lipinski definition) is 2. The van der Waals surface area contributed by atoms with Crippen LogP contribution in [0, 0.1) is 0 Å². The van der Waals surface area contributed by atoms with E-state index in [9.17, 15) is 9.59 Å². The zero-order valence-corrected chi connectivity index (χ0v) is 18.2. The number of carbonyl (C=O) groups excluding carboxylic acids is 2. The van der Waals surface area contributed by atoms with E-state index >= 15 is 0 Å². The molecule has 0 atom stereocenters. The van der Waals surface area contributed by atoms with Gasteiger partial charge in [0.1, 0.15) is 0 Å². The first kappa shape index (κ1) is 20.3. The van der Waals surface area contributed by atoms with Gasteiger partial charge in [0.05, 0.1) is 5.75 Å². The number of anilines is 1. The van der Waals surface area contributed by atoms with Gasteiger partial charge in [0.25, 0.3) is 5.91 Å². The van der Waals surface area contributed by atoms with Gasteiger partial charge in [-0.15, -0.1) is 5.10 Å². The summed E-state index contributed by atoms with van der Waals surface area (Å²) in [4.78, 5) is 30.6. The number of para-hydroxylation sites is 1. The van der Waals surface area contributed by atoms with Crippen LogP contribution in [-0.4, -0.2) is 54.2 Å². The fourth-order valence-corrected chi connectivity index (χ4v) is 4.54. The lowest BCUT2D eigenvalue weighted by Gasteiger charge is -2.27. The van der Waals surface area contributed by atoms with Crippen LogP contribution in [0.15, 0.2) is 53.7 Å². The number of thioether (sulfide) groups is 1. The number of aromatic nitrogens is 5. The second-order valence-corrected chi connectivity index (χ2v) is 8.55. The van der Waals surface area contributed by atoms with Gasteiger partial charge in [0, 0.05) is 60.0 Å². The molecule has 2 aromatic carbocycles. The Bertz CT molecular complexity index is 1300. The van der Waals surface area contributed by atoms with E-state index in [0.717, 1.165) is 11.9 Å². The molecular weight excluding hydrogens is 426 g/mol. The second-order valence-electron chi connectivity index (χ2n) is 7.60. The Morgan fingerprint density at radius 3 is 2.75 bits per heavy atom. The molecule has 3 heterocycles. The van der Waals surface area contributed by atoms with Crippen molar-refractivity contribution in [3.05, 3.63) is 65.4 Å². The zero-order chi connectivity index (χ0) is 22.1. The van der Waals surface area contributed by atoms with Crippen molar-refractivity contribution in [2.45, 2.75) is 18.1 Å². The Balaban J connectivity index is 1.22. The number of fused-ring (bicyclic) bond motifs is 3. The zero-order valence-electron chi connectivity index (χ0n) is 17.4. The van der Waals surface area contributed by atoms with Crippen LogP contribution in [0.3, 0.4) is 0 Å². The van der Waals surface area contributed by atoms with Gasteiger partial charge >= 0.3 is 0 Å². The fourth-order valence-electron chi connectivity index (χ4n) is 3.89. The molecular formula is C22H21N7O2S. The van der Waals surface area contributed by atoms with Crippen LogP contribution in [0.25, 0.3) is 10.9 Å². The Morgan fingerprint density at radius 1 is 1.16 bits per heavy atom. The summed E-state index contributed by atoms with van der Waals surface area (Å²) >= 11 is 1.26. The lowest BCUT2D eigenvalue weighted by atomic mass is 10.0. The van der Waals surface area contributed by atoms with E-state index in [-0.39, 0.29) is 17.6 Å². The first-order chi connectivity index (χ1) is 15.6. The van der Waals surface area contributed by atoms with Crippen molar-refractivity contribution in [3.63, 3.8) is 0 Å². The number of aryl methyl sites for hydroxylation is 1. The molecule has 0 aliphatic carbocycles. The predicted molar refractivity (Wildman–Crippen MR) is 121 cm³/mol. The Labute approximate surface area is 188 Å². The molecule has 0 radical (unpaired) electrons. The van der Waals surface area contributed by atoms with Crippen molar-refractivity contribution in [1.29, 1.82) is 0 Å². The lowest BCUT2D eigenvalue weighted by molar-refractivity contribution is -0.113. The lowest BCUT2D eigenvalue weighted by Crippen LogP contribution is -2.35. The third-order valence-electron chi connectivity index (χ3n) is 5.50. The van der Waals surface area contributed by atoms with Crippen molar-refractivity contribution in [3.8, 4) is 0 Å². The summed E-state index contributed by atoms with van der Waals surface area (Å²) in [7, 11) is 1.72. The van der Waals surface area contributed by atoms with Gasteiger partial charge in [0.2, 0.25) is 11.1 Å². The van der Waals surface area contributed by atoms with Gasteiger partial charge in [-0.3, -0.25) is 9.59 Å². The molecule has 10 heteroatoms. The molecule has 0 spiro atoms. The standard InChI is InChI=1S/C22H21N7O2S/c1-28-22(25-26-27-28)32-13-20(30)23-15-8-6-14(7-9-15)21(31)29-11-10-19-17(12-29)16-4-2-3-5-18(16)24-19/h2-9,24H,10-13H2,1H3,(H,23,30). The molecule has 5 rings (SSSR count). The summed E-state index contributed by atoms with van der Waals surface area (Å²) in [6.07, 6.45) is 0.808. The van der Waals surface area contributed by atoms with E-state index in [0.29, 0.717) is 29.5 Å². The van der Waals surface area contributed by atoms with E-state index in [1.807, 2.05) is 17.0 Å². The minimum atomic E-state index is -0.167. The van der Waals surface area contributed by atoms with Crippen molar-refractivity contribution < 1.29 is 9.59 Å². The predicted octanol–water partition coefficient (Wildman–Crippen LogP) is 2.62. The molecule has 4 aromatic rings. The highest BCUT2D eigenvalue weighted by atomic mass is 32.2. The second kappa shape index (κ2) is 8.46. The number of tetrazole rings is 1. The Kier molecular flexibility index (Phi) is 5.36. The van der Waals surface area contributed by atoms with Crippen molar-refractivity contribution >= 4 is 40.2 Å². The van der Waals surface area contributed by atoms with E-state index in [1.165, 1.54) is 33.1 Å². The number of rotatable bonds is 5. The summed E-state index contributed by atoms with van der Waals surface area (Å²) in [6.45, 7) is 1.26. The van der Waals surface area contributed by atoms with Crippen LogP contribution in [0.2, 0.25) is 0 Å². The van der Waals surface area contributed by atoms with Gasteiger partial charge in [-0.1, -0.05) is 30.0 Å². The molecule has 2 amide bonds. The van der Waals surface area contributed by atoms with Gasteiger partial charge in [-0.25, -0.2) is 4.68 Å². The number of carbonyl (C=O) groups is 2. The molecule has 0 saturated carbocycles. The summed E-state index contributed by atoms with van der Waals surface area (Å²) in [5.41, 5.74) is 4.76. The molecule has 1 aliphatic rings. The molecule has 162 valence electrons. The number of hydrogen-bond acceptors (Lipinski definition) is 6. The molecule has 1 aliphatic heterocycles. The first-order valence-corrected chi connectivity index (χ1v) is 11.2. The van der Waals surface area contributed by atoms with Crippen molar-refractivity contribution in [1.82, 2.24) is 30.1 Å². The third-order valence-corrected chi connectivity index (χ3v) is 6.51. The molecule has 0 bridgehead atoms. The summed E-state index contributed by atoms with van der Waals surface area (Å²) in [5, 5.41) is 15.7. The van der Waals surface area contributed by atoms with E-state index in [4.69, 9.17) is 0 Å². The van der Waals surface area contributed by atoms with E-state index in [1.54, 1.807) is 31.3 Å². The average Bonchev–Trinajstić information content (AvgIpc) is 3.40. The average molecular weight is 448 g/mol. The SMILES string of the molecule is Cn1nnnc1SCC(=O)Nc1ccc(C(=O)N2CCc3[nH]c4ccccc4c3C2)cc1. The maximum Gasteiger partial charge on any atom is 0.254 e.